The molecule has 20 heavy (non-hydrogen) atoms. The Hall–Kier alpha value is -2.17. The van der Waals surface area contributed by atoms with E-state index in [2.05, 4.69) is 14.9 Å². The van der Waals surface area contributed by atoms with Gasteiger partial charge in [-0.05, 0) is 24.6 Å². The number of rotatable bonds is 5. The Morgan fingerprint density at radius 2 is 1.90 bits per heavy atom. The molecule has 0 amide bonds. The topological polar surface area (TPSA) is 38.6 Å². The molecule has 0 atom stereocenters. The van der Waals surface area contributed by atoms with Gasteiger partial charge < -0.3 is 4.40 Å². The maximum absolute atomic E-state index is 5.51. The van der Waals surface area contributed by atoms with Crippen molar-refractivity contribution in [1.29, 1.82) is 0 Å². The summed E-state index contributed by atoms with van der Waals surface area (Å²) >= 11 is 0. The lowest BCUT2D eigenvalue weighted by molar-refractivity contribution is 0.0226. The van der Waals surface area contributed by atoms with Gasteiger partial charge in [0.15, 0.2) is 0 Å². The summed E-state index contributed by atoms with van der Waals surface area (Å²) in [5.74, 6) is 0. The van der Waals surface area contributed by atoms with Gasteiger partial charge in [-0.3, -0.25) is 4.84 Å². The molecule has 2 aromatic heterocycles. The summed E-state index contributed by atoms with van der Waals surface area (Å²) in [6, 6.07) is 16.1. The summed E-state index contributed by atoms with van der Waals surface area (Å²) < 4.78 is 2.08. The number of hydroxylamine groups is 1. The van der Waals surface area contributed by atoms with Crippen molar-refractivity contribution in [3.8, 4) is 0 Å². The van der Waals surface area contributed by atoms with E-state index in [1.807, 2.05) is 61.7 Å². The predicted molar refractivity (Wildman–Crippen MR) is 78.0 cm³/mol. The Bertz CT molecular complexity index is 691. The first-order valence-corrected chi connectivity index (χ1v) is 6.66. The van der Waals surface area contributed by atoms with Gasteiger partial charge in [-0.25, -0.2) is 4.98 Å². The summed E-state index contributed by atoms with van der Waals surface area (Å²) in [6.45, 7) is 3.20. The zero-order valence-electron chi connectivity index (χ0n) is 11.4. The van der Waals surface area contributed by atoms with E-state index in [4.69, 9.17) is 4.84 Å². The summed E-state index contributed by atoms with van der Waals surface area (Å²) in [7, 11) is 0. The standard InChI is InChI=1S/C16H17N3O/c1-13-15(19-10-6-5-9-16(19)18-13)11-17-20-12-14-7-3-2-4-8-14/h2-10,17H,11-12H2,1H3. The second kappa shape index (κ2) is 5.86. The first-order chi connectivity index (χ1) is 9.84. The van der Waals surface area contributed by atoms with Crippen molar-refractivity contribution >= 4 is 5.65 Å². The van der Waals surface area contributed by atoms with E-state index < -0.39 is 0 Å². The van der Waals surface area contributed by atoms with E-state index in [1.54, 1.807) is 0 Å². The minimum Gasteiger partial charge on any atom is -0.302 e. The van der Waals surface area contributed by atoms with Gasteiger partial charge in [-0.2, -0.15) is 5.48 Å². The van der Waals surface area contributed by atoms with E-state index in [9.17, 15) is 0 Å². The Labute approximate surface area is 118 Å². The Balaban J connectivity index is 1.61. The lowest BCUT2D eigenvalue weighted by atomic mass is 10.2. The molecule has 0 aliphatic heterocycles. The quantitative estimate of drug-likeness (QED) is 0.570. The van der Waals surface area contributed by atoms with Crippen LogP contribution >= 0.6 is 0 Å². The molecule has 0 radical (unpaired) electrons. The van der Waals surface area contributed by atoms with Crippen LogP contribution in [0.5, 0.6) is 0 Å². The van der Waals surface area contributed by atoms with Crippen LogP contribution in [0.25, 0.3) is 5.65 Å². The molecule has 3 rings (SSSR count). The van der Waals surface area contributed by atoms with Crippen molar-refractivity contribution in [3.63, 3.8) is 0 Å². The van der Waals surface area contributed by atoms with Crippen molar-refractivity contribution < 1.29 is 4.84 Å². The predicted octanol–water partition coefficient (Wildman–Crippen LogP) is 2.86. The number of benzene rings is 1. The van der Waals surface area contributed by atoms with Crippen LogP contribution in [0.4, 0.5) is 0 Å². The van der Waals surface area contributed by atoms with Crippen molar-refractivity contribution in [2.75, 3.05) is 0 Å². The highest BCUT2D eigenvalue weighted by atomic mass is 16.6. The third kappa shape index (κ3) is 2.71. The molecule has 2 heterocycles. The molecule has 0 aliphatic carbocycles. The molecule has 4 heteroatoms. The molecule has 102 valence electrons. The zero-order chi connectivity index (χ0) is 13.8. The lowest BCUT2D eigenvalue weighted by Crippen LogP contribution is -2.15. The largest absolute Gasteiger partial charge is 0.302 e. The van der Waals surface area contributed by atoms with Gasteiger partial charge in [0.1, 0.15) is 5.65 Å². The smallest absolute Gasteiger partial charge is 0.137 e. The zero-order valence-corrected chi connectivity index (χ0v) is 11.4. The van der Waals surface area contributed by atoms with Crippen LogP contribution in [0.2, 0.25) is 0 Å². The lowest BCUT2D eigenvalue weighted by Gasteiger charge is -2.07. The fourth-order valence-corrected chi connectivity index (χ4v) is 2.21. The molecule has 0 bridgehead atoms. The number of aryl methyl sites for hydroxylation is 1. The molecule has 1 N–H and O–H groups in total. The van der Waals surface area contributed by atoms with Gasteiger partial charge in [0, 0.05) is 6.20 Å². The number of hydrogen-bond acceptors (Lipinski definition) is 3. The molecule has 0 spiro atoms. The normalized spacial score (nSPS) is 11.1. The highest BCUT2D eigenvalue weighted by Gasteiger charge is 2.07. The third-order valence-electron chi connectivity index (χ3n) is 3.25. The van der Waals surface area contributed by atoms with Crippen LogP contribution in [-0.4, -0.2) is 9.38 Å². The van der Waals surface area contributed by atoms with Crippen LogP contribution < -0.4 is 5.48 Å². The average molecular weight is 267 g/mol. The molecule has 0 saturated carbocycles. The van der Waals surface area contributed by atoms with Crippen LogP contribution in [0.15, 0.2) is 54.7 Å². The average Bonchev–Trinajstić information content (AvgIpc) is 2.80. The molecule has 3 aromatic rings. The molecular formula is C16H17N3O. The van der Waals surface area contributed by atoms with Crippen molar-refractivity contribution in [2.45, 2.75) is 20.1 Å². The van der Waals surface area contributed by atoms with Gasteiger partial charge in [0.25, 0.3) is 0 Å². The molecular weight excluding hydrogens is 250 g/mol. The maximum atomic E-state index is 5.51. The van der Waals surface area contributed by atoms with Gasteiger partial charge >= 0.3 is 0 Å². The highest BCUT2D eigenvalue weighted by Crippen LogP contribution is 2.11. The Kier molecular flexibility index (Phi) is 3.76. The number of pyridine rings is 1. The van der Waals surface area contributed by atoms with E-state index in [-0.39, 0.29) is 0 Å². The van der Waals surface area contributed by atoms with Crippen LogP contribution in [0, 0.1) is 6.92 Å². The van der Waals surface area contributed by atoms with E-state index in [1.165, 1.54) is 0 Å². The number of nitrogens with zero attached hydrogens (tertiary/aromatic N) is 2. The second-order valence-electron chi connectivity index (χ2n) is 4.67. The fourth-order valence-electron chi connectivity index (χ4n) is 2.21. The van der Waals surface area contributed by atoms with E-state index in [0.717, 1.165) is 22.6 Å². The summed E-state index contributed by atoms with van der Waals surface area (Å²) in [4.78, 5) is 10.0. The fraction of sp³-hybridized carbons (Fsp3) is 0.188. The third-order valence-corrected chi connectivity index (χ3v) is 3.25. The van der Waals surface area contributed by atoms with E-state index in [0.29, 0.717) is 13.2 Å². The van der Waals surface area contributed by atoms with Crippen LogP contribution in [0.1, 0.15) is 17.0 Å². The minimum absolute atomic E-state index is 0.552. The van der Waals surface area contributed by atoms with Crippen molar-refractivity contribution in [2.24, 2.45) is 0 Å². The first kappa shape index (κ1) is 12.8. The van der Waals surface area contributed by atoms with Gasteiger partial charge in [0.05, 0.1) is 24.5 Å². The molecule has 0 fully saturated rings. The molecule has 0 unspecified atom stereocenters. The highest BCUT2D eigenvalue weighted by molar-refractivity contribution is 5.42. The molecule has 0 aliphatic rings. The number of hydrogen-bond donors (Lipinski definition) is 1. The van der Waals surface area contributed by atoms with Crippen molar-refractivity contribution in [1.82, 2.24) is 14.9 Å². The van der Waals surface area contributed by atoms with Crippen LogP contribution in [0.3, 0.4) is 0 Å². The SMILES string of the molecule is Cc1nc2ccccn2c1CNOCc1ccccc1. The maximum Gasteiger partial charge on any atom is 0.137 e. The van der Waals surface area contributed by atoms with Crippen LogP contribution in [-0.2, 0) is 18.0 Å². The summed E-state index contributed by atoms with van der Waals surface area (Å²) in [5.41, 5.74) is 7.26. The summed E-state index contributed by atoms with van der Waals surface area (Å²) in [6.07, 6.45) is 2.02. The van der Waals surface area contributed by atoms with Gasteiger partial charge in [0.2, 0.25) is 0 Å². The van der Waals surface area contributed by atoms with Crippen molar-refractivity contribution in [3.05, 3.63) is 71.7 Å². The monoisotopic (exact) mass is 267 g/mol. The molecule has 0 saturated heterocycles. The summed E-state index contributed by atoms with van der Waals surface area (Å²) in [5, 5.41) is 0. The Morgan fingerprint density at radius 3 is 2.75 bits per heavy atom. The van der Waals surface area contributed by atoms with Gasteiger partial charge in [-0.1, -0.05) is 36.4 Å². The number of nitrogens with one attached hydrogen (secondary N) is 1. The molecule has 1 aromatic carbocycles. The number of imidazole rings is 1. The second-order valence-corrected chi connectivity index (χ2v) is 4.67. The van der Waals surface area contributed by atoms with E-state index >= 15 is 0 Å². The Morgan fingerprint density at radius 1 is 1.10 bits per heavy atom. The minimum atomic E-state index is 0.552. The first-order valence-electron chi connectivity index (χ1n) is 6.66. The number of fused-ring (bicyclic) bond motifs is 1. The van der Waals surface area contributed by atoms with Gasteiger partial charge in [-0.15, -0.1) is 0 Å². The number of aromatic nitrogens is 2. The molecule has 4 nitrogen and oxygen atoms in total.